The molecule has 1 aromatic rings. The number of methoxy groups -OCH3 is 2. The zero-order valence-electron chi connectivity index (χ0n) is 11.7. The summed E-state index contributed by atoms with van der Waals surface area (Å²) in [4.78, 5) is 22.0. The largest absolute Gasteiger partial charge is 0.493 e. The van der Waals surface area contributed by atoms with E-state index in [1.807, 2.05) is 5.32 Å². The third-order valence-corrected chi connectivity index (χ3v) is 3.47. The Morgan fingerprint density at radius 2 is 1.77 bits per heavy atom. The number of amides is 1. The van der Waals surface area contributed by atoms with Gasteiger partial charge in [0.1, 0.15) is 6.04 Å². The highest BCUT2D eigenvalue weighted by Gasteiger charge is 2.42. The van der Waals surface area contributed by atoms with E-state index in [4.69, 9.17) is 9.47 Å². The molecular formula is C13H13F3N2O4. The van der Waals surface area contributed by atoms with Crippen LogP contribution in [0.1, 0.15) is 29.6 Å². The Labute approximate surface area is 123 Å². The van der Waals surface area contributed by atoms with Crippen molar-refractivity contribution in [2.45, 2.75) is 24.7 Å². The van der Waals surface area contributed by atoms with Crippen molar-refractivity contribution in [3.63, 3.8) is 0 Å². The Balaban J connectivity index is 2.40. The Morgan fingerprint density at radius 3 is 2.23 bits per heavy atom. The maximum absolute atomic E-state index is 12.4. The number of ether oxygens (including phenoxy) is 2. The van der Waals surface area contributed by atoms with Gasteiger partial charge in [-0.2, -0.15) is 18.1 Å². The number of nitrogens with zero attached hydrogens (tertiary/aromatic N) is 1. The first-order valence-electron chi connectivity index (χ1n) is 6.27. The fourth-order valence-corrected chi connectivity index (χ4v) is 2.45. The van der Waals surface area contributed by atoms with Crippen molar-refractivity contribution < 1.29 is 27.4 Å². The van der Waals surface area contributed by atoms with Gasteiger partial charge in [-0.1, -0.05) is 5.18 Å². The highest BCUT2D eigenvalue weighted by Crippen LogP contribution is 2.46. The van der Waals surface area contributed by atoms with Gasteiger partial charge in [-0.25, -0.2) is 0 Å². The minimum absolute atomic E-state index is 0.0447. The van der Waals surface area contributed by atoms with Crippen LogP contribution in [0.15, 0.2) is 17.3 Å². The summed E-state index contributed by atoms with van der Waals surface area (Å²) in [5.41, 5.74) is 0.778. The van der Waals surface area contributed by atoms with Crippen molar-refractivity contribution in [2.75, 3.05) is 14.2 Å². The van der Waals surface area contributed by atoms with Crippen LogP contribution in [-0.2, 0) is 4.79 Å². The van der Waals surface area contributed by atoms with Crippen LogP contribution >= 0.6 is 0 Å². The van der Waals surface area contributed by atoms with Gasteiger partial charge in [0.25, 0.3) is 0 Å². The minimum atomic E-state index is -5.00. The maximum Gasteiger partial charge on any atom is 0.471 e. The second kappa shape index (κ2) is 5.82. The lowest BCUT2D eigenvalue weighted by molar-refractivity contribution is -0.174. The molecule has 22 heavy (non-hydrogen) atoms. The molecule has 2 rings (SSSR count). The number of carbonyl (C=O) groups is 1. The normalized spacial score (nSPS) is 20.2. The van der Waals surface area contributed by atoms with Gasteiger partial charge in [-0.05, 0) is 23.3 Å². The van der Waals surface area contributed by atoms with Gasteiger partial charge < -0.3 is 14.8 Å². The number of benzene rings is 1. The molecule has 1 aliphatic carbocycles. The average Bonchev–Trinajstić information content (AvgIpc) is 2.81. The summed E-state index contributed by atoms with van der Waals surface area (Å²) >= 11 is 0. The number of carbonyl (C=O) groups excluding carboxylic acids is 1. The van der Waals surface area contributed by atoms with E-state index in [1.165, 1.54) is 26.4 Å². The lowest BCUT2D eigenvalue weighted by Crippen LogP contribution is -2.38. The van der Waals surface area contributed by atoms with Crippen LogP contribution in [0.3, 0.4) is 0 Å². The number of fused-ring (bicyclic) bond motifs is 1. The Bertz CT molecular complexity index is 604. The first kappa shape index (κ1) is 16.1. The molecule has 1 aliphatic rings. The van der Waals surface area contributed by atoms with Crippen molar-refractivity contribution in [1.82, 2.24) is 5.32 Å². The molecule has 1 amide bonds. The number of rotatable bonds is 4. The molecule has 2 unspecified atom stereocenters. The molecule has 0 spiro atoms. The molecule has 2 atom stereocenters. The zero-order valence-corrected chi connectivity index (χ0v) is 11.7. The molecule has 0 fully saturated rings. The van der Waals surface area contributed by atoms with Crippen molar-refractivity contribution in [1.29, 1.82) is 0 Å². The van der Waals surface area contributed by atoms with E-state index in [0.717, 1.165) is 0 Å². The number of nitroso groups, excluding NO2 is 1. The van der Waals surface area contributed by atoms with E-state index in [-0.39, 0.29) is 6.42 Å². The predicted molar refractivity (Wildman–Crippen MR) is 69.6 cm³/mol. The van der Waals surface area contributed by atoms with Crippen LogP contribution in [0.2, 0.25) is 0 Å². The summed E-state index contributed by atoms with van der Waals surface area (Å²) in [5.74, 6) is -1.44. The molecule has 120 valence electrons. The Hall–Kier alpha value is -2.32. The van der Waals surface area contributed by atoms with Gasteiger partial charge in [-0.15, -0.1) is 0 Å². The quantitative estimate of drug-likeness (QED) is 0.866. The van der Waals surface area contributed by atoms with Gasteiger partial charge in [0.2, 0.25) is 0 Å². The monoisotopic (exact) mass is 318 g/mol. The van der Waals surface area contributed by atoms with Gasteiger partial charge in [-0.3, -0.25) is 4.79 Å². The molecule has 0 saturated heterocycles. The predicted octanol–water partition coefficient (Wildman–Crippen LogP) is 2.63. The van der Waals surface area contributed by atoms with Gasteiger partial charge in [0.15, 0.2) is 11.5 Å². The average molecular weight is 318 g/mol. The van der Waals surface area contributed by atoms with Gasteiger partial charge >= 0.3 is 12.1 Å². The molecule has 0 saturated carbocycles. The van der Waals surface area contributed by atoms with Crippen LogP contribution in [0.25, 0.3) is 0 Å². The number of alkyl halides is 3. The standard InChI is InChI=1S/C13H13F3N2O4/c1-21-10-3-6-7(4-11(10)22-2)9(18-20)5-8(6)17-12(19)13(14,15)16/h3-4,8-9H,5H2,1-2H3,(H,17,19). The first-order valence-corrected chi connectivity index (χ1v) is 6.27. The van der Waals surface area contributed by atoms with Crippen LogP contribution in [0.4, 0.5) is 13.2 Å². The van der Waals surface area contributed by atoms with E-state index < -0.39 is 24.2 Å². The number of hydrogen-bond acceptors (Lipinski definition) is 5. The lowest BCUT2D eigenvalue weighted by Gasteiger charge is -2.16. The molecule has 1 aromatic carbocycles. The number of nitrogens with one attached hydrogen (secondary N) is 1. The van der Waals surface area contributed by atoms with Crippen LogP contribution < -0.4 is 14.8 Å². The summed E-state index contributed by atoms with van der Waals surface area (Å²) in [7, 11) is 2.77. The molecule has 1 N–H and O–H groups in total. The number of halogens is 3. The highest BCUT2D eigenvalue weighted by molar-refractivity contribution is 5.82. The summed E-state index contributed by atoms with van der Waals surface area (Å²) in [6.45, 7) is 0. The zero-order chi connectivity index (χ0) is 16.5. The maximum atomic E-state index is 12.4. The summed E-state index contributed by atoms with van der Waals surface area (Å²) in [6.07, 6.45) is -5.04. The smallest absolute Gasteiger partial charge is 0.471 e. The van der Waals surface area contributed by atoms with E-state index in [2.05, 4.69) is 5.18 Å². The van der Waals surface area contributed by atoms with Crippen LogP contribution in [0.5, 0.6) is 11.5 Å². The molecule has 9 heteroatoms. The molecular weight excluding hydrogens is 305 g/mol. The van der Waals surface area contributed by atoms with E-state index in [9.17, 15) is 22.9 Å². The third kappa shape index (κ3) is 2.83. The van der Waals surface area contributed by atoms with Crippen molar-refractivity contribution >= 4 is 5.91 Å². The molecule has 0 aliphatic heterocycles. The molecule has 0 heterocycles. The summed E-state index contributed by atoms with van der Waals surface area (Å²) in [6, 6.07) is 1.11. The van der Waals surface area contributed by atoms with Crippen molar-refractivity contribution in [2.24, 2.45) is 5.18 Å². The van der Waals surface area contributed by atoms with Crippen molar-refractivity contribution in [3.8, 4) is 11.5 Å². The van der Waals surface area contributed by atoms with Crippen LogP contribution in [0, 0.1) is 4.91 Å². The molecule has 0 bridgehead atoms. The second-order valence-corrected chi connectivity index (χ2v) is 4.72. The molecule has 0 radical (unpaired) electrons. The van der Waals surface area contributed by atoms with Crippen molar-refractivity contribution in [3.05, 3.63) is 28.2 Å². The van der Waals surface area contributed by atoms with E-state index >= 15 is 0 Å². The molecule has 0 aromatic heterocycles. The van der Waals surface area contributed by atoms with E-state index in [1.54, 1.807) is 0 Å². The summed E-state index contributed by atoms with van der Waals surface area (Å²) < 4.78 is 47.3. The summed E-state index contributed by atoms with van der Waals surface area (Å²) in [5, 5.41) is 4.77. The Kier molecular flexibility index (Phi) is 4.25. The lowest BCUT2D eigenvalue weighted by atomic mass is 10.1. The third-order valence-electron chi connectivity index (χ3n) is 3.47. The topological polar surface area (TPSA) is 77.0 Å². The fourth-order valence-electron chi connectivity index (χ4n) is 2.45. The van der Waals surface area contributed by atoms with Gasteiger partial charge in [0.05, 0.1) is 20.3 Å². The second-order valence-electron chi connectivity index (χ2n) is 4.72. The van der Waals surface area contributed by atoms with Crippen LogP contribution in [-0.4, -0.2) is 26.3 Å². The number of hydrogen-bond donors (Lipinski definition) is 1. The van der Waals surface area contributed by atoms with Gasteiger partial charge in [0, 0.05) is 6.42 Å². The molecule has 6 nitrogen and oxygen atoms in total. The first-order chi connectivity index (χ1) is 10.3. The minimum Gasteiger partial charge on any atom is -0.493 e. The van der Waals surface area contributed by atoms with E-state index in [0.29, 0.717) is 22.6 Å². The fraction of sp³-hybridized carbons (Fsp3) is 0.462. The Morgan fingerprint density at radius 1 is 1.23 bits per heavy atom. The highest BCUT2D eigenvalue weighted by atomic mass is 19.4. The SMILES string of the molecule is COc1cc2c(cc1OC)C(NC(=O)C(F)(F)F)CC2N=O.